The summed E-state index contributed by atoms with van der Waals surface area (Å²) < 4.78 is 5.71. The molecule has 1 aromatic heterocycles. The number of hydrogen-bond acceptors (Lipinski definition) is 4. The summed E-state index contributed by atoms with van der Waals surface area (Å²) in [6, 6.07) is 3.00. The van der Waals surface area contributed by atoms with Crippen LogP contribution in [0.3, 0.4) is 0 Å². The number of alkyl halides is 1. The van der Waals surface area contributed by atoms with Crippen LogP contribution in [-0.2, 0) is 0 Å². The maximum Gasteiger partial charge on any atom is 0.320 e. The molecule has 7 heteroatoms. The Bertz CT molecular complexity index is 584. The summed E-state index contributed by atoms with van der Waals surface area (Å²) in [5, 5.41) is 5.23. The Morgan fingerprint density at radius 3 is 3.14 bits per heavy atom. The van der Waals surface area contributed by atoms with Crippen molar-refractivity contribution < 1.29 is 9.53 Å². The SMILES string of the molecule is CCNC(=O)Nc1cc(OC2=CC=CC(N)(Cl)C2)ccn1. The molecule has 1 aliphatic rings. The van der Waals surface area contributed by atoms with Gasteiger partial charge in [-0.1, -0.05) is 17.7 Å². The number of halogens is 1. The van der Waals surface area contributed by atoms with E-state index in [0.29, 0.717) is 30.3 Å². The highest BCUT2D eigenvalue weighted by Gasteiger charge is 2.23. The molecule has 0 fully saturated rings. The predicted octanol–water partition coefficient (Wildman–Crippen LogP) is 2.34. The fourth-order valence-electron chi connectivity index (χ4n) is 1.79. The number of pyridine rings is 1. The van der Waals surface area contributed by atoms with Gasteiger partial charge in [0.05, 0.1) is 0 Å². The van der Waals surface area contributed by atoms with Crippen LogP contribution in [0.25, 0.3) is 0 Å². The summed E-state index contributed by atoms with van der Waals surface area (Å²) in [5.41, 5.74) is 5.83. The van der Waals surface area contributed by atoms with Gasteiger partial charge in [0.1, 0.15) is 22.3 Å². The van der Waals surface area contributed by atoms with Crippen molar-refractivity contribution in [1.82, 2.24) is 10.3 Å². The maximum atomic E-state index is 11.4. The van der Waals surface area contributed by atoms with Crippen molar-refractivity contribution in [3.8, 4) is 5.75 Å². The van der Waals surface area contributed by atoms with E-state index in [0.717, 1.165) is 0 Å². The number of allylic oxidation sites excluding steroid dienone is 2. The molecule has 4 N–H and O–H groups in total. The normalized spacial score (nSPS) is 20.6. The standard InChI is InChI=1S/C14H17ClN4O2/c1-2-17-13(20)19-12-8-10(5-7-18-12)21-11-4-3-6-14(15,16)9-11/h3-8H,2,9,16H2,1H3,(H2,17,18,19,20). The van der Waals surface area contributed by atoms with Gasteiger partial charge in [0.15, 0.2) is 0 Å². The highest BCUT2D eigenvalue weighted by Crippen LogP contribution is 2.27. The second-order valence-electron chi connectivity index (χ2n) is 4.56. The number of hydrogen-bond donors (Lipinski definition) is 3. The van der Waals surface area contributed by atoms with Gasteiger partial charge in [0, 0.05) is 25.2 Å². The van der Waals surface area contributed by atoms with E-state index in [4.69, 9.17) is 22.1 Å². The summed E-state index contributed by atoms with van der Waals surface area (Å²) >= 11 is 6.06. The van der Waals surface area contributed by atoms with Crippen molar-refractivity contribution in [2.45, 2.75) is 18.3 Å². The monoisotopic (exact) mass is 308 g/mol. The van der Waals surface area contributed by atoms with Crippen molar-refractivity contribution >= 4 is 23.4 Å². The molecule has 1 heterocycles. The van der Waals surface area contributed by atoms with Crippen LogP contribution in [0, 0.1) is 0 Å². The zero-order valence-corrected chi connectivity index (χ0v) is 12.4. The van der Waals surface area contributed by atoms with Crippen LogP contribution < -0.4 is 21.1 Å². The van der Waals surface area contributed by atoms with Gasteiger partial charge < -0.3 is 15.8 Å². The molecular weight excluding hydrogens is 292 g/mol. The lowest BCUT2D eigenvalue weighted by molar-refractivity contribution is 0.252. The zero-order valence-electron chi connectivity index (χ0n) is 11.6. The number of anilines is 1. The Kier molecular flexibility index (Phi) is 4.82. The quantitative estimate of drug-likeness (QED) is 0.588. The molecule has 0 bridgehead atoms. The fraction of sp³-hybridized carbons (Fsp3) is 0.286. The van der Waals surface area contributed by atoms with E-state index in [1.807, 2.05) is 6.92 Å². The number of urea groups is 1. The van der Waals surface area contributed by atoms with Crippen LogP contribution in [0.4, 0.5) is 10.6 Å². The molecule has 1 unspecified atom stereocenters. The first-order valence-electron chi connectivity index (χ1n) is 6.53. The van der Waals surface area contributed by atoms with Crippen molar-refractivity contribution in [3.63, 3.8) is 0 Å². The van der Waals surface area contributed by atoms with E-state index in [1.165, 1.54) is 0 Å². The minimum absolute atomic E-state index is 0.316. The van der Waals surface area contributed by atoms with Crippen LogP contribution >= 0.6 is 11.6 Å². The molecule has 112 valence electrons. The third kappa shape index (κ3) is 4.77. The molecule has 2 rings (SSSR count). The van der Waals surface area contributed by atoms with Gasteiger partial charge in [-0.3, -0.25) is 5.32 Å². The average Bonchev–Trinajstić information content (AvgIpc) is 2.38. The Morgan fingerprint density at radius 2 is 2.43 bits per heavy atom. The molecule has 0 spiro atoms. The second-order valence-corrected chi connectivity index (χ2v) is 5.26. The van der Waals surface area contributed by atoms with Crippen LogP contribution in [0.2, 0.25) is 0 Å². The number of aromatic nitrogens is 1. The van der Waals surface area contributed by atoms with Gasteiger partial charge in [-0.05, 0) is 25.1 Å². The molecule has 1 aromatic rings. The number of nitrogens with one attached hydrogen (secondary N) is 2. The second kappa shape index (κ2) is 6.60. The molecule has 21 heavy (non-hydrogen) atoms. The molecule has 0 aliphatic heterocycles. The molecular formula is C14H17ClN4O2. The van der Waals surface area contributed by atoms with E-state index < -0.39 is 5.00 Å². The predicted molar refractivity (Wildman–Crippen MR) is 82.2 cm³/mol. The number of carbonyl (C=O) groups is 1. The van der Waals surface area contributed by atoms with Gasteiger partial charge in [0.2, 0.25) is 0 Å². The lowest BCUT2D eigenvalue weighted by Gasteiger charge is -2.22. The molecule has 0 saturated carbocycles. The van der Waals surface area contributed by atoms with Crippen molar-refractivity contribution in [2.75, 3.05) is 11.9 Å². The van der Waals surface area contributed by atoms with Crippen molar-refractivity contribution in [2.24, 2.45) is 5.73 Å². The van der Waals surface area contributed by atoms with Crippen LogP contribution in [0.1, 0.15) is 13.3 Å². The number of carbonyl (C=O) groups excluding carboxylic acids is 1. The maximum absolute atomic E-state index is 11.4. The number of amides is 2. The van der Waals surface area contributed by atoms with Gasteiger partial charge in [-0.25, -0.2) is 9.78 Å². The third-order valence-corrected chi connectivity index (χ3v) is 2.92. The Labute approximate surface area is 128 Å². The summed E-state index contributed by atoms with van der Waals surface area (Å²) in [7, 11) is 0. The molecule has 0 saturated heterocycles. The number of nitrogens with two attached hydrogens (primary N) is 1. The largest absolute Gasteiger partial charge is 0.461 e. The van der Waals surface area contributed by atoms with Gasteiger partial charge in [-0.2, -0.15) is 0 Å². The van der Waals surface area contributed by atoms with Gasteiger partial charge in [-0.15, -0.1) is 0 Å². The first-order chi connectivity index (χ1) is 9.98. The van der Waals surface area contributed by atoms with Crippen molar-refractivity contribution in [1.29, 1.82) is 0 Å². The molecule has 0 aromatic carbocycles. The molecule has 6 nitrogen and oxygen atoms in total. The molecule has 1 atom stereocenters. The van der Waals surface area contributed by atoms with Gasteiger partial charge in [0.25, 0.3) is 0 Å². The van der Waals surface area contributed by atoms with E-state index in [2.05, 4.69) is 15.6 Å². The summed E-state index contributed by atoms with van der Waals surface area (Å²) in [5.74, 6) is 1.59. The van der Waals surface area contributed by atoms with E-state index in [1.54, 1.807) is 36.6 Å². The third-order valence-electron chi connectivity index (χ3n) is 2.66. The topological polar surface area (TPSA) is 89.3 Å². The Morgan fingerprint density at radius 1 is 1.62 bits per heavy atom. The van der Waals surface area contributed by atoms with E-state index in [-0.39, 0.29) is 6.03 Å². The van der Waals surface area contributed by atoms with Crippen molar-refractivity contribution in [3.05, 3.63) is 42.3 Å². The first-order valence-corrected chi connectivity index (χ1v) is 6.91. The number of ether oxygens (including phenoxy) is 1. The minimum Gasteiger partial charge on any atom is -0.461 e. The summed E-state index contributed by atoms with van der Waals surface area (Å²) in [4.78, 5) is 14.6. The fourth-order valence-corrected chi connectivity index (χ4v) is 1.99. The number of nitrogens with zero attached hydrogens (tertiary/aromatic N) is 1. The van der Waals surface area contributed by atoms with Gasteiger partial charge >= 0.3 is 6.03 Å². The van der Waals surface area contributed by atoms with Crippen LogP contribution in [-0.4, -0.2) is 22.6 Å². The minimum atomic E-state index is -0.931. The molecule has 0 radical (unpaired) electrons. The summed E-state index contributed by atoms with van der Waals surface area (Å²) in [6.45, 7) is 2.37. The lowest BCUT2D eigenvalue weighted by atomic mass is 10.1. The Balaban J connectivity index is 2.03. The zero-order chi connectivity index (χ0) is 15.3. The highest BCUT2D eigenvalue weighted by molar-refractivity contribution is 6.25. The van der Waals surface area contributed by atoms with E-state index >= 15 is 0 Å². The first kappa shape index (κ1) is 15.3. The summed E-state index contributed by atoms with van der Waals surface area (Å²) in [6.07, 6.45) is 7.18. The number of rotatable bonds is 4. The van der Waals surface area contributed by atoms with E-state index in [9.17, 15) is 4.79 Å². The Hall–Kier alpha value is -2.05. The molecule has 1 aliphatic carbocycles. The van der Waals surface area contributed by atoms with Crippen LogP contribution in [0.15, 0.2) is 42.3 Å². The smallest absolute Gasteiger partial charge is 0.320 e. The molecule has 2 amide bonds. The lowest BCUT2D eigenvalue weighted by Crippen LogP contribution is -2.33. The highest BCUT2D eigenvalue weighted by atomic mass is 35.5. The van der Waals surface area contributed by atoms with Crippen LogP contribution in [0.5, 0.6) is 5.75 Å². The average molecular weight is 309 g/mol.